The van der Waals surface area contributed by atoms with Crippen LogP contribution in [0, 0.1) is 0 Å². The summed E-state index contributed by atoms with van der Waals surface area (Å²) in [6.45, 7) is 6.00. The van der Waals surface area contributed by atoms with Crippen LogP contribution in [-0.2, 0) is 0 Å². The van der Waals surface area contributed by atoms with Crippen LogP contribution in [0.5, 0.6) is 5.75 Å². The highest BCUT2D eigenvalue weighted by Gasteiger charge is 2.13. The Morgan fingerprint density at radius 3 is 1.68 bits per heavy atom. The highest BCUT2D eigenvalue weighted by Crippen LogP contribution is 2.22. The van der Waals surface area contributed by atoms with Crippen molar-refractivity contribution < 1.29 is 9.53 Å². The van der Waals surface area contributed by atoms with Crippen LogP contribution in [-0.4, -0.2) is 11.4 Å². The van der Waals surface area contributed by atoms with Gasteiger partial charge in [-0.05, 0) is 56.2 Å². The topological polar surface area (TPSA) is 26.3 Å². The predicted molar refractivity (Wildman–Crippen MR) is 102 cm³/mol. The second-order valence-corrected chi connectivity index (χ2v) is 7.01. The van der Waals surface area contributed by atoms with Crippen LogP contribution in [0.2, 0.25) is 0 Å². The Balaban J connectivity index is 1.77. The fourth-order valence-electron chi connectivity index (χ4n) is 2.64. The molecule has 0 amide bonds. The normalized spacial score (nSPS) is 11.2. The summed E-state index contributed by atoms with van der Waals surface area (Å²) in [5.41, 5.74) is 3.34. The van der Waals surface area contributed by atoms with Gasteiger partial charge in [0, 0.05) is 11.1 Å². The Morgan fingerprint density at radius 1 is 0.680 bits per heavy atom. The van der Waals surface area contributed by atoms with E-state index in [1.807, 2.05) is 87.5 Å². The first kappa shape index (κ1) is 17.0. The highest BCUT2D eigenvalue weighted by molar-refractivity contribution is 6.09. The van der Waals surface area contributed by atoms with Gasteiger partial charge in [-0.1, -0.05) is 54.6 Å². The van der Waals surface area contributed by atoms with Crippen molar-refractivity contribution in [2.75, 3.05) is 0 Å². The maximum absolute atomic E-state index is 12.6. The van der Waals surface area contributed by atoms with Crippen molar-refractivity contribution in [2.45, 2.75) is 26.4 Å². The maximum Gasteiger partial charge on any atom is 0.193 e. The van der Waals surface area contributed by atoms with E-state index in [-0.39, 0.29) is 11.4 Å². The Labute approximate surface area is 149 Å². The molecule has 0 heterocycles. The number of hydrogen-bond acceptors (Lipinski definition) is 2. The first-order valence-electron chi connectivity index (χ1n) is 8.42. The quantitative estimate of drug-likeness (QED) is 0.568. The average Bonchev–Trinajstić information content (AvgIpc) is 2.61. The Bertz CT molecular complexity index is 839. The molecule has 0 saturated carbocycles. The molecule has 0 atom stereocenters. The van der Waals surface area contributed by atoms with Gasteiger partial charge < -0.3 is 4.74 Å². The highest BCUT2D eigenvalue weighted by atomic mass is 16.5. The summed E-state index contributed by atoms with van der Waals surface area (Å²) in [6.07, 6.45) is 0. The summed E-state index contributed by atoms with van der Waals surface area (Å²) in [6, 6.07) is 25.2. The maximum atomic E-state index is 12.6. The van der Waals surface area contributed by atoms with E-state index in [0.717, 1.165) is 16.9 Å². The zero-order valence-electron chi connectivity index (χ0n) is 14.8. The van der Waals surface area contributed by atoms with Crippen LogP contribution < -0.4 is 4.74 Å². The van der Waals surface area contributed by atoms with Crippen molar-refractivity contribution in [1.82, 2.24) is 0 Å². The minimum Gasteiger partial charge on any atom is -0.488 e. The first-order chi connectivity index (χ1) is 11.9. The zero-order valence-corrected chi connectivity index (χ0v) is 14.8. The van der Waals surface area contributed by atoms with Crippen molar-refractivity contribution in [2.24, 2.45) is 0 Å². The van der Waals surface area contributed by atoms with Gasteiger partial charge in [0.15, 0.2) is 5.78 Å². The monoisotopic (exact) mass is 330 g/mol. The minimum absolute atomic E-state index is 0.0157. The van der Waals surface area contributed by atoms with E-state index in [1.54, 1.807) is 0 Å². The number of carbonyl (C=O) groups excluding carboxylic acids is 1. The molecule has 0 spiro atoms. The molecule has 0 aromatic heterocycles. The molecular formula is C23H22O2. The van der Waals surface area contributed by atoms with Crippen LogP contribution in [0.4, 0.5) is 0 Å². The lowest BCUT2D eigenvalue weighted by Gasteiger charge is -2.21. The number of rotatable bonds is 4. The lowest BCUT2D eigenvalue weighted by Crippen LogP contribution is -2.22. The van der Waals surface area contributed by atoms with E-state index in [2.05, 4.69) is 12.1 Å². The predicted octanol–water partition coefficient (Wildman–Crippen LogP) is 5.76. The zero-order chi connectivity index (χ0) is 17.9. The third-order valence-corrected chi connectivity index (χ3v) is 3.79. The molecule has 25 heavy (non-hydrogen) atoms. The molecule has 0 aliphatic heterocycles. The van der Waals surface area contributed by atoms with Crippen LogP contribution in [0.1, 0.15) is 36.7 Å². The molecule has 0 saturated heterocycles. The van der Waals surface area contributed by atoms with Gasteiger partial charge in [0.2, 0.25) is 0 Å². The molecule has 126 valence electrons. The van der Waals surface area contributed by atoms with E-state index in [9.17, 15) is 4.79 Å². The van der Waals surface area contributed by atoms with Gasteiger partial charge in [0.25, 0.3) is 0 Å². The molecule has 2 heteroatoms. The average molecular weight is 330 g/mol. The van der Waals surface area contributed by atoms with E-state index in [1.165, 1.54) is 0 Å². The Kier molecular flexibility index (Phi) is 4.71. The smallest absolute Gasteiger partial charge is 0.193 e. The lowest BCUT2D eigenvalue weighted by molar-refractivity contribution is 0.103. The summed E-state index contributed by atoms with van der Waals surface area (Å²) in [5, 5.41) is 0. The van der Waals surface area contributed by atoms with Crippen molar-refractivity contribution in [1.29, 1.82) is 0 Å². The minimum atomic E-state index is -0.251. The Morgan fingerprint density at radius 2 is 1.16 bits per heavy atom. The van der Waals surface area contributed by atoms with Gasteiger partial charge >= 0.3 is 0 Å². The van der Waals surface area contributed by atoms with Crippen molar-refractivity contribution in [3.63, 3.8) is 0 Å². The molecular weight excluding hydrogens is 308 g/mol. The number of ketones is 1. The molecule has 0 unspecified atom stereocenters. The van der Waals surface area contributed by atoms with Gasteiger partial charge in [0.1, 0.15) is 11.4 Å². The second-order valence-electron chi connectivity index (χ2n) is 7.01. The molecule has 0 bridgehead atoms. The van der Waals surface area contributed by atoms with Gasteiger partial charge in [-0.3, -0.25) is 4.79 Å². The molecule has 2 nitrogen and oxygen atoms in total. The van der Waals surface area contributed by atoms with Crippen LogP contribution in [0.25, 0.3) is 11.1 Å². The molecule has 0 aliphatic carbocycles. The molecule has 0 aliphatic rings. The van der Waals surface area contributed by atoms with Crippen molar-refractivity contribution in [3.8, 4) is 16.9 Å². The van der Waals surface area contributed by atoms with Crippen molar-refractivity contribution in [3.05, 3.63) is 90.0 Å². The van der Waals surface area contributed by atoms with Crippen molar-refractivity contribution >= 4 is 5.78 Å². The standard InChI is InChI=1S/C23H22O2/c1-23(2,3)25-21-15-13-20(14-16-21)22(24)19-11-9-18(10-12-19)17-7-5-4-6-8-17/h4-16H,1-3H3. The molecule has 3 rings (SSSR count). The molecule has 0 fully saturated rings. The van der Waals surface area contributed by atoms with Crippen LogP contribution in [0.15, 0.2) is 78.9 Å². The first-order valence-corrected chi connectivity index (χ1v) is 8.42. The Hall–Kier alpha value is -2.87. The number of ether oxygens (including phenoxy) is 1. The second kappa shape index (κ2) is 6.94. The van der Waals surface area contributed by atoms with E-state index in [4.69, 9.17) is 4.74 Å². The summed E-state index contributed by atoms with van der Waals surface area (Å²) >= 11 is 0. The van der Waals surface area contributed by atoms with Gasteiger partial charge in [0.05, 0.1) is 0 Å². The third-order valence-electron chi connectivity index (χ3n) is 3.79. The SMILES string of the molecule is CC(C)(C)Oc1ccc(C(=O)c2ccc(-c3ccccc3)cc2)cc1. The lowest BCUT2D eigenvalue weighted by atomic mass is 9.99. The fourth-order valence-corrected chi connectivity index (χ4v) is 2.64. The molecule has 0 radical (unpaired) electrons. The summed E-state index contributed by atoms with van der Waals surface area (Å²) < 4.78 is 5.80. The fraction of sp³-hybridized carbons (Fsp3) is 0.174. The number of hydrogen-bond donors (Lipinski definition) is 0. The van der Waals surface area contributed by atoms with Gasteiger partial charge in [-0.2, -0.15) is 0 Å². The molecule has 0 N–H and O–H groups in total. The number of benzene rings is 3. The summed E-state index contributed by atoms with van der Waals surface area (Å²) in [4.78, 5) is 12.6. The van der Waals surface area contributed by atoms with Gasteiger partial charge in [-0.25, -0.2) is 0 Å². The third kappa shape index (κ3) is 4.36. The van der Waals surface area contributed by atoms with Crippen LogP contribution in [0.3, 0.4) is 0 Å². The van der Waals surface area contributed by atoms with E-state index >= 15 is 0 Å². The van der Waals surface area contributed by atoms with Crippen LogP contribution >= 0.6 is 0 Å². The number of carbonyl (C=O) groups is 1. The van der Waals surface area contributed by atoms with E-state index in [0.29, 0.717) is 11.1 Å². The van der Waals surface area contributed by atoms with Gasteiger partial charge in [-0.15, -0.1) is 0 Å². The molecule has 3 aromatic carbocycles. The van der Waals surface area contributed by atoms with E-state index < -0.39 is 0 Å². The molecule has 3 aromatic rings. The summed E-state index contributed by atoms with van der Waals surface area (Å²) in [7, 11) is 0. The largest absolute Gasteiger partial charge is 0.488 e. The summed E-state index contributed by atoms with van der Waals surface area (Å²) in [5.74, 6) is 0.783.